The van der Waals surface area contributed by atoms with Crippen molar-refractivity contribution < 1.29 is 21.6 Å². The van der Waals surface area contributed by atoms with E-state index in [0.29, 0.717) is 23.5 Å². The summed E-state index contributed by atoms with van der Waals surface area (Å²) in [6.45, 7) is 0. The quantitative estimate of drug-likeness (QED) is 0.468. The number of aryl methyl sites for hydroxylation is 2. The number of rotatable bonds is 5. The fourth-order valence-corrected chi connectivity index (χ4v) is 4.78. The van der Waals surface area contributed by atoms with Gasteiger partial charge in [-0.25, -0.2) is 17.4 Å². The maximum atomic E-state index is 13.4. The second-order valence-electron chi connectivity index (χ2n) is 6.67. The summed E-state index contributed by atoms with van der Waals surface area (Å²) in [6, 6.07) is 14.0. The van der Waals surface area contributed by atoms with Gasteiger partial charge in [0.25, 0.3) is 10.0 Å². The van der Waals surface area contributed by atoms with E-state index in [1.807, 2.05) is 12.1 Å². The lowest BCUT2D eigenvalue weighted by molar-refractivity contribution is -0.137. The monoisotopic (exact) mass is 431 g/mol. The van der Waals surface area contributed by atoms with Crippen LogP contribution in [-0.2, 0) is 29.0 Å². The minimum Gasteiger partial charge on any atom is -0.265 e. The van der Waals surface area contributed by atoms with Crippen molar-refractivity contribution in [3.8, 4) is 0 Å². The molecule has 4 aromatic rings. The number of aromatic nitrogens is 3. The molecule has 2 aromatic heterocycles. The fourth-order valence-electron chi connectivity index (χ4n) is 3.22. The highest BCUT2D eigenvalue weighted by Gasteiger charge is 2.32. The zero-order valence-corrected chi connectivity index (χ0v) is 16.4. The summed E-state index contributed by atoms with van der Waals surface area (Å²) in [5, 5.41) is 0. The molecule has 0 saturated carbocycles. The summed E-state index contributed by atoms with van der Waals surface area (Å²) >= 11 is 0. The molecule has 2 aromatic carbocycles. The Morgan fingerprint density at radius 3 is 2.37 bits per heavy atom. The lowest BCUT2D eigenvalue weighted by Crippen LogP contribution is -2.17. The Labute approximate surface area is 170 Å². The van der Waals surface area contributed by atoms with E-state index >= 15 is 0 Å². The molecule has 0 unspecified atom stereocenters. The van der Waals surface area contributed by atoms with Crippen LogP contribution in [0.15, 0.2) is 78.0 Å². The lowest BCUT2D eigenvalue weighted by atomic mass is 10.1. The van der Waals surface area contributed by atoms with Crippen LogP contribution in [-0.4, -0.2) is 22.4 Å². The molecule has 0 aliphatic rings. The smallest absolute Gasteiger partial charge is 0.265 e. The predicted octanol–water partition coefficient (Wildman–Crippen LogP) is 4.47. The van der Waals surface area contributed by atoms with Gasteiger partial charge in [-0.2, -0.15) is 13.2 Å². The van der Waals surface area contributed by atoms with Gasteiger partial charge < -0.3 is 0 Å². The second kappa shape index (κ2) is 7.56. The second-order valence-corrected chi connectivity index (χ2v) is 8.45. The molecule has 2 heterocycles. The number of imidazole rings is 1. The van der Waals surface area contributed by atoms with Crippen LogP contribution in [0, 0.1) is 0 Å². The van der Waals surface area contributed by atoms with Crippen LogP contribution in [0.4, 0.5) is 13.2 Å². The Morgan fingerprint density at radius 1 is 0.900 bits per heavy atom. The molecule has 0 N–H and O–H groups in total. The molecule has 30 heavy (non-hydrogen) atoms. The number of hydrogen-bond donors (Lipinski definition) is 0. The maximum absolute atomic E-state index is 13.4. The summed E-state index contributed by atoms with van der Waals surface area (Å²) in [5.41, 5.74) is 0.698. The number of hydrogen-bond acceptors (Lipinski definition) is 4. The highest BCUT2D eigenvalue weighted by Crippen LogP contribution is 2.32. The molecule has 0 aliphatic carbocycles. The van der Waals surface area contributed by atoms with Gasteiger partial charge in [-0.1, -0.05) is 18.2 Å². The van der Waals surface area contributed by atoms with Gasteiger partial charge in [-0.15, -0.1) is 0 Å². The third-order valence-electron chi connectivity index (χ3n) is 4.67. The van der Waals surface area contributed by atoms with Crippen molar-refractivity contribution in [1.82, 2.24) is 13.9 Å². The Morgan fingerprint density at radius 2 is 1.63 bits per heavy atom. The van der Waals surface area contributed by atoms with Crippen molar-refractivity contribution in [3.05, 3.63) is 90.0 Å². The molecule has 0 amide bonds. The first-order valence-corrected chi connectivity index (χ1v) is 10.5. The fraction of sp³-hybridized carbons (Fsp3) is 0.143. The minimum atomic E-state index is -4.65. The van der Waals surface area contributed by atoms with E-state index in [1.54, 1.807) is 36.7 Å². The number of halogens is 3. The van der Waals surface area contributed by atoms with E-state index in [9.17, 15) is 21.6 Å². The van der Waals surface area contributed by atoms with E-state index in [4.69, 9.17) is 0 Å². The molecule has 4 rings (SSSR count). The Kier molecular flexibility index (Phi) is 5.07. The zero-order valence-electron chi connectivity index (χ0n) is 15.5. The Hall–Kier alpha value is -3.20. The topological polar surface area (TPSA) is 64.8 Å². The van der Waals surface area contributed by atoms with Crippen molar-refractivity contribution in [2.24, 2.45) is 0 Å². The molecule has 0 fully saturated rings. The summed E-state index contributed by atoms with van der Waals surface area (Å²) in [7, 11) is -4.30. The van der Waals surface area contributed by atoms with Crippen molar-refractivity contribution in [2.45, 2.75) is 23.9 Å². The van der Waals surface area contributed by atoms with Crippen LogP contribution in [0.1, 0.15) is 17.0 Å². The molecule has 0 bridgehead atoms. The Balaban J connectivity index is 1.82. The third kappa shape index (κ3) is 3.80. The minimum absolute atomic E-state index is 0.255. The zero-order chi connectivity index (χ0) is 21.4. The molecule has 0 atom stereocenters. The average molecular weight is 431 g/mol. The highest BCUT2D eigenvalue weighted by molar-refractivity contribution is 7.90. The van der Waals surface area contributed by atoms with Crippen molar-refractivity contribution in [3.63, 3.8) is 0 Å². The van der Waals surface area contributed by atoms with Crippen LogP contribution in [0.2, 0.25) is 0 Å². The van der Waals surface area contributed by atoms with Gasteiger partial charge in [-0.3, -0.25) is 4.98 Å². The first-order valence-electron chi connectivity index (χ1n) is 9.05. The standard InChI is InChI=1S/C21H16F3N3O2S/c22-21(23,24)16-4-3-5-17(14-16)30(28,29)27-19-7-2-1-6-18(19)26-20(27)9-8-15-10-12-25-13-11-15/h1-7,10-14H,8-9H2. The molecule has 154 valence electrons. The van der Waals surface area contributed by atoms with E-state index in [-0.39, 0.29) is 12.2 Å². The van der Waals surface area contributed by atoms with Gasteiger partial charge in [0.2, 0.25) is 0 Å². The number of fused-ring (bicyclic) bond motifs is 1. The highest BCUT2D eigenvalue weighted by atomic mass is 32.2. The van der Waals surface area contributed by atoms with Gasteiger partial charge in [0.15, 0.2) is 0 Å². The number of para-hydroxylation sites is 2. The lowest BCUT2D eigenvalue weighted by Gasteiger charge is -2.13. The first-order chi connectivity index (χ1) is 14.3. The largest absolute Gasteiger partial charge is 0.416 e. The van der Waals surface area contributed by atoms with Crippen molar-refractivity contribution in [1.29, 1.82) is 0 Å². The van der Waals surface area contributed by atoms with Crippen molar-refractivity contribution >= 4 is 21.1 Å². The number of benzene rings is 2. The normalized spacial score (nSPS) is 12.4. The molecule has 0 spiro atoms. The summed E-state index contributed by atoms with van der Waals surface area (Å²) < 4.78 is 67.1. The number of nitrogens with zero attached hydrogens (tertiary/aromatic N) is 3. The summed E-state index contributed by atoms with van der Waals surface area (Å²) in [5.74, 6) is 0.255. The predicted molar refractivity (Wildman–Crippen MR) is 105 cm³/mol. The Bertz CT molecular complexity index is 1300. The maximum Gasteiger partial charge on any atom is 0.416 e. The number of pyridine rings is 1. The molecule has 5 nitrogen and oxygen atoms in total. The molecule has 0 saturated heterocycles. The van der Waals surface area contributed by atoms with E-state index in [0.717, 1.165) is 27.7 Å². The first kappa shape index (κ1) is 20.1. The van der Waals surface area contributed by atoms with Gasteiger partial charge in [0.1, 0.15) is 5.82 Å². The molecular formula is C21H16F3N3O2S. The SMILES string of the molecule is O=S(=O)(c1cccc(C(F)(F)F)c1)n1c(CCc2ccncc2)nc2ccccc21. The van der Waals surface area contributed by atoms with E-state index in [1.165, 1.54) is 0 Å². The van der Waals surface area contributed by atoms with Gasteiger partial charge in [0, 0.05) is 18.8 Å². The van der Waals surface area contributed by atoms with Gasteiger partial charge >= 0.3 is 6.18 Å². The van der Waals surface area contributed by atoms with Gasteiger partial charge in [0.05, 0.1) is 21.5 Å². The average Bonchev–Trinajstić information content (AvgIpc) is 3.12. The summed E-state index contributed by atoms with van der Waals surface area (Å²) in [6.07, 6.45) is -0.580. The summed E-state index contributed by atoms with van der Waals surface area (Å²) in [4.78, 5) is 7.95. The molecular weight excluding hydrogens is 415 g/mol. The number of alkyl halides is 3. The van der Waals surface area contributed by atoms with E-state index < -0.39 is 26.7 Å². The van der Waals surface area contributed by atoms with Crippen LogP contribution >= 0.6 is 0 Å². The van der Waals surface area contributed by atoms with Crippen LogP contribution < -0.4 is 0 Å². The van der Waals surface area contributed by atoms with Crippen molar-refractivity contribution in [2.75, 3.05) is 0 Å². The van der Waals surface area contributed by atoms with Gasteiger partial charge in [-0.05, 0) is 54.4 Å². The molecule has 0 aliphatic heterocycles. The van der Waals surface area contributed by atoms with E-state index in [2.05, 4.69) is 9.97 Å². The molecule has 9 heteroatoms. The van der Waals surface area contributed by atoms with Crippen LogP contribution in [0.5, 0.6) is 0 Å². The van der Waals surface area contributed by atoms with Crippen LogP contribution in [0.25, 0.3) is 11.0 Å². The molecule has 0 radical (unpaired) electrons. The van der Waals surface area contributed by atoms with Crippen LogP contribution in [0.3, 0.4) is 0 Å². The third-order valence-corrected chi connectivity index (χ3v) is 6.41.